The lowest BCUT2D eigenvalue weighted by molar-refractivity contribution is 0.102. The number of nitrogens with zero attached hydrogens (tertiary/aromatic N) is 1. The lowest BCUT2D eigenvalue weighted by atomic mass is 10.1. The van der Waals surface area contributed by atoms with Gasteiger partial charge in [0.05, 0.1) is 22.4 Å². The maximum atomic E-state index is 12.7. The van der Waals surface area contributed by atoms with Gasteiger partial charge >= 0.3 is 5.69 Å². The number of H-pyrrole nitrogens is 1. The van der Waals surface area contributed by atoms with Crippen molar-refractivity contribution < 1.29 is 14.3 Å². The minimum absolute atomic E-state index is 0.125. The summed E-state index contributed by atoms with van der Waals surface area (Å²) in [4.78, 5) is 28.0. The number of benzene rings is 2. The summed E-state index contributed by atoms with van der Waals surface area (Å²) in [7, 11) is 0. The maximum absolute atomic E-state index is 12.7. The number of ether oxygens (including phenoxy) is 2. The molecule has 1 saturated carbocycles. The quantitative estimate of drug-likeness (QED) is 0.605. The van der Waals surface area contributed by atoms with Gasteiger partial charge in [-0.2, -0.15) is 0 Å². The Morgan fingerprint density at radius 3 is 2.68 bits per heavy atom. The Kier molecular flexibility index (Phi) is 3.78. The van der Waals surface area contributed by atoms with Gasteiger partial charge < -0.3 is 25.5 Å². The number of nitrogens with two attached hydrogens (primary N) is 1. The Bertz CT molecular complexity index is 1140. The number of hydrogen-bond acceptors (Lipinski definition) is 5. The van der Waals surface area contributed by atoms with Crippen LogP contribution in [-0.2, 0) is 0 Å². The number of carbonyl (C=O) groups excluding carboxylic acids is 1. The summed E-state index contributed by atoms with van der Waals surface area (Å²) < 4.78 is 12.4. The molecule has 1 aromatic heterocycles. The molecule has 0 saturated heterocycles. The average molecular weight is 380 g/mol. The zero-order valence-electron chi connectivity index (χ0n) is 15.2. The Balaban J connectivity index is 1.45. The van der Waals surface area contributed by atoms with Crippen LogP contribution in [0.4, 0.5) is 11.4 Å². The fourth-order valence-electron chi connectivity index (χ4n) is 4.06. The van der Waals surface area contributed by atoms with Gasteiger partial charge in [-0.05, 0) is 31.0 Å². The molecular formula is C20H20N4O4. The Morgan fingerprint density at radius 2 is 1.89 bits per heavy atom. The fourth-order valence-corrected chi connectivity index (χ4v) is 4.06. The fraction of sp³-hybridized carbons (Fsp3) is 0.300. The van der Waals surface area contributed by atoms with Gasteiger partial charge in [0, 0.05) is 23.7 Å². The number of anilines is 2. The largest absolute Gasteiger partial charge is 0.454 e. The van der Waals surface area contributed by atoms with E-state index in [-0.39, 0.29) is 24.4 Å². The van der Waals surface area contributed by atoms with Gasteiger partial charge in [0.15, 0.2) is 11.5 Å². The molecule has 5 rings (SSSR count). The zero-order chi connectivity index (χ0) is 19.3. The van der Waals surface area contributed by atoms with Crippen LogP contribution in [0, 0.1) is 0 Å². The normalized spacial score (nSPS) is 16.0. The van der Waals surface area contributed by atoms with Gasteiger partial charge in [-0.1, -0.05) is 12.8 Å². The number of hydrogen-bond donors (Lipinski definition) is 3. The molecule has 8 nitrogen and oxygen atoms in total. The molecule has 1 aliphatic heterocycles. The molecule has 3 aromatic rings. The van der Waals surface area contributed by atoms with E-state index in [1.807, 2.05) is 10.6 Å². The number of aromatic nitrogens is 2. The van der Waals surface area contributed by atoms with Crippen LogP contribution in [-0.4, -0.2) is 22.3 Å². The van der Waals surface area contributed by atoms with Crippen molar-refractivity contribution in [1.29, 1.82) is 0 Å². The third-order valence-corrected chi connectivity index (χ3v) is 5.46. The topological polar surface area (TPSA) is 111 Å². The second-order valence-corrected chi connectivity index (χ2v) is 7.22. The summed E-state index contributed by atoms with van der Waals surface area (Å²) in [6.07, 6.45) is 4.30. The first-order valence-electron chi connectivity index (χ1n) is 9.35. The SMILES string of the molecule is Nc1cc2c(cc1NC(=O)c1ccc3c(c1)[nH]c(=O)n3C1CCCC1)OCO2. The Hall–Kier alpha value is -3.42. The minimum atomic E-state index is -0.318. The molecule has 0 atom stereocenters. The highest BCUT2D eigenvalue weighted by atomic mass is 16.7. The van der Waals surface area contributed by atoms with Crippen molar-refractivity contribution in [3.8, 4) is 11.5 Å². The number of nitrogen functional groups attached to an aromatic ring is 1. The van der Waals surface area contributed by atoms with Crippen molar-refractivity contribution in [2.45, 2.75) is 31.7 Å². The number of rotatable bonds is 3. The first kappa shape index (κ1) is 16.7. The molecule has 28 heavy (non-hydrogen) atoms. The minimum Gasteiger partial charge on any atom is -0.454 e. The number of amides is 1. The number of imidazole rings is 1. The Labute approximate surface area is 160 Å². The Morgan fingerprint density at radius 1 is 1.14 bits per heavy atom. The lowest BCUT2D eigenvalue weighted by Crippen LogP contribution is -2.20. The molecular weight excluding hydrogens is 360 g/mol. The number of fused-ring (bicyclic) bond motifs is 2. The molecule has 4 N–H and O–H groups in total. The maximum Gasteiger partial charge on any atom is 0.326 e. The smallest absolute Gasteiger partial charge is 0.326 e. The van der Waals surface area contributed by atoms with E-state index in [0.717, 1.165) is 31.2 Å². The molecule has 1 fully saturated rings. The van der Waals surface area contributed by atoms with E-state index in [1.54, 1.807) is 24.3 Å². The van der Waals surface area contributed by atoms with E-state index >= 15 is 0 Å². The summed E-state index contributed by atoms with van der Waals surface area (Å²) >= 11 is 0. The van der Waals surface area contributed by atoms with Gasteiger partial charge in [0.2, 0.25) is 6.79 Å². The molecule has 0 radical (unpaired) electrons. The van der Waals surface area contributed by atoms with E-state index in [4.69, 9.17) is 15.2 Å². The van der Waals surface area contributed by atoms with E-state index in [0.29, 0.717) is 34.0 Å². The van der Waals surface area contributed by atoms with Crippen LogP contribution in [0.2, 0.25) is 0 Å². The highest BCUT2D eigenvalue weighted by Gasteiger charge is 2.22. The summed E-state index contributed by atoms with van der Waals surface area (Å²) in [6.45, 7) is 0.133. The van der Waals surface area contributed by atoms with Crippen molar-refractivity contribution in [2.75, 3.05) is 17.8 Å². The molecule has 8 heteroatoms. The van der Waals surface area contributed by atoms with Crippen LogP contribution in [0.25, 0.3) is 11.0 Å². The monoisotopic (exact) mass is 380 g/mol. The third-order valence-electron chi connectivity index (χ3n) is 5.46. The molecule has 2 heterocycles. The van der Waals surface area contributed by atoms with Gasteiger partial charge in [0.25, 0.3) is 5.91 Å². The van der Waals surface area contributed by atoms with E-state index in [1.165, 1.54) is 0 Å². The van der Waals surface area contributed by atoms with Gasteiger partial charge in [-0.15, -0.1) is 0 Å². The van der Waals surface area contributed by atoms with Gasteiger partial charge in [-0.25, -0.2) is 4.79 Å². The zero-order valence-corrected chi connectivity index (χ0v) is 15.2. The predicted molar refractivity (Wildman–Crippen MR) is 105 cm³/mol. The van der Waals surface area contributed by atoms with E-state index in [2.05, 4.69) is 10.3 Å². The number of aromatic amines is 1. The predicted octanol–water partition coefficient (Wildman–Crippen LogP) is 3.01. The van der Waals surface area contributed by atoms with Crippen molar-refractivity contribution >= 4 is 28.3 Å². The molecule has 0 unspecified atom stereocenters. The molecule has 2 aromatic carbocycles. The van der Waals surface area contributed by atoms with Crippen molar-refractivity contribution in [3.05, 3.63) is 46.4 Å². The molecule has 144 valence electrons. The molecule has 1 aliphatic carbocycles. The van der Waals surface area contributed by atoms with Crippen molar-refractivity contribution in [2.24, 2.45) is 0 Å². The van der Waals surface area contributed by atoms with Crippen LogP contribution in [0.15, 0.2) is 35.1 Å². The van der Waals surface area contributed by atoms with Crippen molar-refractivity contribution in [1.82, 2.24) is 9.55 Å². The number of carbonyl (C=O) groups is 1. The summed E-state index contributed by atoms with van der Waals surface area (Å²) in [5.74, 6) is 0.780. The standard InChI is InChI=1S/C20H20N4O4/c21-13-8-17-18(28-10-27-17)9-14(13)22-19(25)11-5-6-16-15(7-11)23-20(26)24(16)12-3-1-2-4-12/h5-9,12H,1-4,10,21H2,(H,22,25)(H,23,26). The van der Waals surface area contributed by atoms with Gasteiger partial charge in [0.1, 0.15) is 0 Å². The van der Waals surface area contributed by atoms with E-state index in [9.17, 15) is 9.59 Å². The third kappa shape index (κ3) is 2.69. The molecule has 1 amide bonds. The molecule has 0 spiro atoms. The number of nitrogens with one attached hydrogen (secondary N) is 2. The summed E-state index contributed by atoms with van der Waals surface area (Å²) in [6, 6.07) is 8.74. The highest BCUT2D eigenvalue weighted by molar-refractivity contribution is 6.07. The first-order valence-corrected chi connectivity index (χ1v) is 9.35. The molecule has 2 aliphatic rings. The van der Waals surface area contributed by atoms with Gasteiger partial charge in [-0.3, -0.25) is 9.36 Å². The highest BCUT2D eigenvalue weighted by Crippen LogP contribution is 2.38. The van der Waals surface area contributed by atoms with Crippen LogP contribution in [0.1, 0.15) is 42.1 Å². The van der Waals surface area contributed by atoms with Crippen LogP contribution in [0.5, 0.6) is 11.5 Å². The second-order valence-electron chi connectivity index (χ2n) is 7.22. The summed E-state index contributed by atoms with van der Waals surface area (Å²) in [5.41, 5.74) is 8.64. The van der Waals surface area contributed by atoms with Crippen LogP contribution < -0.4 is 26.2 Å². The van der Waals surface area contributed by atoms with Crippen molar-refractivity contribution in [3.63, 3.8) is 0 Å². The van der Waals surface area contributed by atoms with Crippen LogP contribution >= 0.6 is 0 Å². The lowest BCUT2D eigenvalue weighted by Gasteiger charge is -2.12. The average Bonchev–Trinajstić information content (AvgIpc) is 3.40. The van der Waals surface area contributed by atoms with Crippen LogP contribution in [0.3, 0.4) is 0 Å². The van der Waals surface area contributed by atoms with E-state index < -0.39 is 0 Å². The second kappa shape index (κ2) is 6.33. The molecule has 0 bridgehead atoms. The summed E-state index contributed by atoms with van der Waals surface area (Å²) in [5, 5.41) is 2.80. The first-order chi connectivity index (χ1) is 13.6.